The van der Waals surface area contributed by atoms with Crippen molar-refractivity contribution in [3.63, 3.8) is 0 Å². The molecular weight excluding hydrogens is 256 g/mol. The number of rotatable bonds is 6. The van der Waals surface area contributed by atoms with Crippen molar-refractivity contribution in [1.29, 1.82) is 0 Å². The molecule has 0 heterocycles. The first-order valence-corrected chi connectivity index (χ1v) is 6.84. The van der Waals surface area contributed by atoms with E-state index in [0.717, 1.165) is 30.4 Å². The predicted octanol–water partition coefficient (Wildman–Crippen LogP) is 1.06. The van der Waals surface area contributed by atoms with Gasteiger partial charge in [0.25, 0.3) is 0 Å². The minimum atomic E-state index is -0.874. The number of amides is 1. The van der Waals surface area contributed by atoms with Crippen LogP contribution in [0.4, 0.5) is 0 Å². The molecule has 1 aromatic carbocycles. The highest BCUT2D eigenvalue weighted by atomic mass is 16.4. The first-order valence-electron chi connectivity index (χ1n) is 6.84. The largest absolute Gasteiger partial charge is 0.481 e. The summed E-state index contributed by atoms with van der Waals surface area (Å²) in [6, 6.07) is 7.26. The average Bonchev–Trinajstić information content (AvgIpc) is 2.36. The van der Waals surface area contributed by atoms with E-state index in [1.165, 1.54) is 0 Å². The maximum atomic E-state index is 12.2. The van der Waals surface area contributed by atoms with Gasteiger partial charge in [0.05, 0.1) is 11.8 Å². The molecule has 5 nitrogen and oxygen atoms in total. The van der Waals surface area contributed by atoms with Crippen LogP contribution in [-0.4, -0.2) is 23.5 Å². The summed E-state index contributed by atoms with van der Waals surface area (Å²) in [5.74, 6) is -0.891. The van der Waals surface area contributed by atoms with Gasteiger partial charge in [0.2, 0.25) is 5.91 Å². The fraction of sp³-hybridized carbons (Fsp3) is 0.467. The number of carboxylic acid groups (broad SMARTS) is 1. The maximum Gasteiger partial charge on any atom is 0.307 e. The lowest BCUT2D eigenvalue weighted by molar-refractivity contribution is -0.136. The third kappa shape index (κ3) is 2.99. The third-order valence-corrected chi connectivity index (χ3v) is 4.08. The topological polar surface area (TPSA) is 92.4 Å². The SMILES string of the molecule is NCC1(C(=O)NCc2ccccc2CC(=O)O)CCC1. The fourth-order valence-electron chi connectivity index (χ4n) is 2.56. The molecule has 2 rings (SSSR count). The van der Waals surface area contributed by atoms with Crippen molar-refractivity contribution in [2.24, 2.45) is 11.1 Å². The zero-order chi connectivity index (χ0) is 14.6. The van der Waals surface area contributed by atoms with Crippen LogP contribution < -0.4 is 11.1 Å². The number of hydrogen-bond donors (Lipinski definition) is 3. The van der Waals surface area contributed by atoms with E-state index >= 15 is 0 Å². The van der Waals surface area contributed by atoms with Crippen molar-refractivity contribution in [2.75, 3.05) is 6.54 Å². The van der Waals surface area contributed by atoms with E-state index in [9.17, 15) is 9.59 Å². The van der Waals surface area contributed by atoms with Crippen LogP contribution in [0, 0.1) is 5.41 Å². The molecule has 1 aliphatic rings. The van der Waals surface area contributed by atoms with Crippen LogP contribution in [0.5, 0.6) is 0 Å². The van der Waals surface area contributed by atoms with Gasteiger partial charge in [0.1, 0.15) is 0 Å². The molecule has 0 bridgehead atoms. The number of aliphatic carboxylic acids is 1. The molecule has 1 aliphatic carbocycles. The second-order valence-electron chi connectivity index (χ2n) is 5.36. The molecule has 0 unspecified atom stereocenters. The number of carbonyl (C=O) groups is 2. The van der Waals surface area contributed by atoms with Crippen LogP contribution in [0.15, 0.2) is 24.3 Å². The number of nitrogens with two attached hydrogens (primary N) is 1. The van der Waals surface area contributed by atoms with Crippen LogP contribution in [0.1, 0.15) is 30.4 Å². The summed E-state index contributed by atoms with van der Waals surface area (Å²) in [6.45, 7) is 0.722. The lowest BCUT2D eigenvalue weighted by Crippen LogP contribution is -2.50. The van der Waals surface area contributed by atoms with E-state index in [0.29, 0.717) is 13.1 Å². The van der Waals surface area contributed by atoms with Crippen LogP contribution in [0.2, 0.25) is 0 Å². The average molecular weight is 276 g/mol. The summed E-state index contributed by atoms with van der Waals surface area (Å²) in [5, 5.41) is 11.8. The Balaban J connectivity index is 2.00. The van der Waals surface area contributed by atoms with Gasteiger partial charge in [0.15, 0.2) is 0 Å². The number of carbonyl (C=O) groups excluding carboxylic acids is 1. The first kappa shape index (κ1) is 14.5. The monoisotopic (exact) mass is 276 g/mol. The smallest absolute Gasteiger partial charge is 0.307 e. The lowest BCUT2D eigenvalue weighted by atomic mass is 9.68. The minimum Gasteiger partial charge on any atom is -0.481 e. The molecule has 20 heavy (non-hydrogen) atoms. The van der Waals surface area contributed by atoms with Gasteiger partial charge in [-0.2, -0.15) is 0 Å². The van der Waals surface area contributed by atoms with Gasteiger partial charge in [-0.1, -0.05) is 30.7 Å². The van der Waals surface area contributed by atoms with Crippen molar-refractivity contribution in [3.8, 4) is 0 Å². The van der Waals surface area contributed by atoms with E-state index < -0.39 is 11.4 Å². The normalized spacial score (nSPS) is 16.2. The summed E-state index contributed by atoms with van der Waals surface area (Å²) in [5.41, 5.74) is 6.87. The van der Waals surface area contributed by atoms with E-state index in [2.05, 4.69) is 5.32 Å². The molecule has 0 radical (unpaired) electrons. The molecule has 0 atom stereocenters. The Labute approximate surface area is 118 Å². The van der Waals surface area contributed by atoms with Gasteiger partial charge in [-0.05, 0) is 24.0 Å². The Morgan fingerprint density at radius 3 is 2.40 bits per heavy atom. The highest BCUT2D eigenvalue weighted by molar-refractivity contribution is 5.83. The van der Waals surface area contributed by atoms with Gasteiger partial charge in [0, 0.05) is 13.1 Å². The molecule has 0 saturated heterocycles. The first-order chi connectivity index (χ1) is 9.57. The van der Waals surface area contributed by atoms with Gasteiger partial charge >= 0.3 is 5.97 Å². The van der Waals surface area contributed by atoms with Crippen LogP contribution in [-0.2, 0) is 22.6 Å². The molecule has 1 fully saturated rings. The maximum absolute atomic E-state index is 12.2. The Morgan fingerprint density at radius 1 is 1.25 bits per heavy atom. The lowest BCUT2D eigenvalue weighted by Gasteiger charge is -2.39. The second-order valence-corrected chi connectivity index (χ2v) is 5.36. The summed E-state index contributed by atoms with van der Waals surface area (Å²) in [7, 11) is 0. The molecule has 108 valence electrons. The Hall–Kier alpha value is -1.88. The van der Waals surface area contributed by atoms with E-state index in [1.807, 2.05) is 12.1 Å². The zero-order valence-electron chi connectivity index (χ0n) is 11.4. The predicted molar refractivity (Wildman–Crippen MR) is 75.0 cm³/mol. The molecule has 1 aromatic rings. The van der Waals surface area contributed by atoms with Gasteiger partial charge in [-0.15, -0.1) is 0 Å². The van der Waals surface area contributed by atoms with Crippen molar-refractivity contribution in [1.82, 2.24) is 5.32 Å². The third-order valence-electron chi connectivity index (χ3n) is 4.08. The summed E-state index contributed by atoms with van der Waals surface area (Å²) in [6.07, 6.45) is 2.69. The van der Waals surface area contributed by atoms with Crippen LogP contribution in [0.3, 0.4) is 0 Å². The number of benzene rings is 1. The van der Waals surface area contributed by atoms with Crippen LogP contribution >= 0.6 is 0 Å². The van der Waals surface area contributed by atoms with Gasteiger partial charge < -0.3 is 16.2 Å². The summed E-state index contributed by atoms with van der Waals surface area (Å²) >= 11 is 0. The van der Waals surface area contributed by atoms with E-state index in [-0.39, 0.29) is 12.3 Å². The highest BCUT2D eigenvalue weighted by Gasteiger charge is 2.42. The van der Waals surface area contributed by atoms with E-state index in [4.69, 9.17) is 10.8 Å². The standard InChI is InChI=1S/C15H20N2O3/c16-10-15(6-3-7-15)14(20)17-9-12-5-2-1-4-11(12)8-13(18)19/h1-2,4-5H,3,6-10,16H2,(H,17,20)(H,18,19). The zero-order valence-corrected chi connectivity index (χ0v) is 11.4. The van der Waals surface area contributed by atoms with Crippen molar-refractivity contribution in [3.05, 3.63) is 35.4 Å². The van der Waals surface area contributed by atoms with Gasteiger partial charge in [-0.25, -0.2) is 0 Å². The van der Waals surface area contributed by atoms with Crippen molar-refractivity contribution < 1.29 is 14.7 Å². The Bertz CT molecular complexity index is 504. The Morgan fingerprint density at radius 2 is 1.90 bits per heavy atom. The summed E-state index contributed by atoms with van der Waals surface area (Å²) in [4.78, 5) is 23.0. The fourth-order valence-corrected chi connectivity index (χ4v) is 2.56. The Kier molecular flexibility index (Phi) is 4.39. The molecule has 1 amide bonds. The van der Waals surface area contributed by atoms with E-state index in [1.54, 1.807) is 12.1 Å². The quantitative estimate of drug-likeness (QED) is 0.724. The number of carboxylic acids is 1. The number of hydrogen-bond acceptors (Lipinski definition) is 3. The minimum absolute atomic E-state index is 0.0172. The molecule has 4 N–H and O–H groups in total. The molecular formula is C15H20N2O3. The highest BCUT2D eigenvalue weighted by Crippen LogP contribution is 2.40. The molecule has 0 aliphatic heterocycles. The molecule has 0 spiro atoms. The van der Waals surface area contributed by atoms with Crippen LogP contribution in [0.25, 0.3) is 0 Å². The molecule has 5 heteroatoms. The molecule has 0 aromatic heterocycles. The van der Waals surface area contributed by atoms with Crippen molar-refractivity contribution in [2.45, 2.75) is 32.2 Å². The summed E-state index contributed by atoms with van der Waals surface area (Å²) < 4.78 is 0. The number of nitrogens with one attached hydrogen (secondary N) is 1. The second kappa shape index (κ2) is 6.05. The van der Waals surface area contributed by atoms with Gasteiger partial charge in [-0.3, -0.25) is 9.59 Å². The van der Waals surface area contributed by atoms with Crippen molar-refractivity contribution >= 4 is 11.9 Å². The molecule has 1 saturated carbocycles.